The molecule has 0 spiro atoms. The van der Waals surface area contributed by atoms with E-state index < -0.39 is 10.2 Å². The maximum Gasteiger partial charge on any atom is 0.279 e. The van der Waals surface area contributed by atoms with Crippen molar-refractivity contribution in [1.82, 2.24) is 9.03 Å². The van der Waals surface area contributed by atoms with Crippen LogP contribution in [0.1, 0.15) is 32.6 Å². The third kappa shape index (κ3) is 3.40. The first-order valence-electron chi connectivity index (χ1n) is 6.50. The van der Waals surface area contributed by atoms with Crippen LogP contribution in [0.25, 0.3) is 0 Å². The highest BCUT2D eigenvalue weighted by Crippen LogP contribution is 2.32. The molecule has 2 fully saturated rings. The van der Waals surface area contributed by atoms with Crippen molar-refractivity contribution in [2.75, 3.05) is 19.6 Å². The summed E-state index contributed by atoms with van der Waals surface area (Å²) < 4.78 is 28.6. The van der Waals surface area contributed by atoms with E-state index in [9.17, 15) is 8.42 Å². The maximum atomic E-state index is 12.2. The minimum Gasteiger partial charge on any atom is -0.329 e. The fraction of sp³-hybridized carbons (Fsp3) is 1.00. The summed E-state index contributed by atoms with van der Waals surface area (Å²) in [5.74, 6) is 1.09. The Morgan fingerprint density at radius 3 is 2.35 bits per heavy atom. The van der Waals surface area contributed by atoms with Crippen LogP contribution in [0.15, 0.2) is 0 Å². The molecule has 2 aliphatic rings. The number of rotatable bonds is 5. The number of hydrogen-bond donors (Lipinski definition) is 2. The topological polar surface area (TPSA) is 75.4 Å². The van der Waals surface area contributed by atoms with Crippen LogP contribution in [0.5, 0.6) is 0 Å². The highest BCUT2D eigenvalue weighted by atomic mass is 32.2. The maximum absolute atomic E-state index is 12.2. The lowest BCUT2D eigenvalue weighted by Crippen LogP contribution is -2.50. The largest absolute Gasteiger partial charge is 0.329 e. The van der Waals surface area contributed by atoms with E-state index in [-0.39, 0.29) is 6.04 Å². The van der Waals surface area contributed by atoms with Gasteiger partial charge < -0.3 is 5.73 Å². The molecule has 0 aromatic heterocycles. The molecule has 1 saturated heterocycles. The predicted molar refractivity (Wildman–Crippen MR) is 67.6 cm³/mol. The van der Waals surface area contributed by atoms with Gasteiger partial charge in [0.05, 0.1) is 0 Å². The van der Waals surface area contributed by atoms with Crippen molar-refractivity contribution < 1.29 is 8.42 Å². The van der Waals surface area contributed by atoms with Crippen LogP contribution in [0.4, 0.5) is 0 Å². The molecule has 0 aromatic rings. The monoisotopic (exact) mass is 261 g/mol. The molecule has 0 aromatic carbocycles. The molecular formula is C11H23N3O2S. The number of nitrogens with two attached hydrogens (primary N) is 1. The second-order valence-corrected chi connectivity index (χ2v) is 7.09. The Morgan fingerprint density at radius 2 is 1.88 bits per heavy atom. The second-order valence-electron chi connectivity index (χ2n) is 5.38. The molecule has 100 valence electrons. The van der Waals surface area contributed by atoms with Gasteiger partial charge >= 0.3 is 0 Å². The Bertz CT molecular complexity index is 346. The average Bonchev–Trinajstić information content (AvgIpc) is 3.10. The van der Waals surface area contributed by atoms with Gasteiger partial charge in [-0.3, -0.25) is 0 Å². The summed E-state index contributed by atoms with van der Waals surface area (Å²) in [7, 11) is -3.32. The van der Waals surface area contributed by atoms with E-state index in [1.54, 1.807) is 4.31 Å². The molecule has 1 aliphatic heterocycles. The first kappa shape index (κ1) is 13.3. The van der Waals surface area contributed by atoms with Gasteiger partial charge in [-0.1, -0.05) is 6.92 Å². The summed E-state index contributed by atoms with van der Waals surface area (Å²) in [5, 5.41) is 0. The van der Waals surface area contributed by atoms with Crippen LogP contribution in [0, 0.1) is 11.8 Å². The molecular weight excluding hydrogens is 238 g/mol. The molecule has 6 heteroatoms. The lowest BCUT2D eigenvalue weighted by Gasteiger charge is -2.31. The first-order valence-corrected chi connectivity index (χ1v) is 7.94. The summed E-state index contributed by atoms with van der Waals surface area (Å²) in [6.07, 6.45) is 4.11. The third-order valence-electron chi connectivity index (χ3n) is 3.83. The van der Waals surface area contributed by atoms with E-state index in [4.69, 9.17) is 5.73 Å². The standard InChI is InChI=1S/C11H23N3O2S/c1-9-4-6-14(7-5-9)17(15,16)13-11(8-12)10-2-3-10/h9-11,13H,2-8,12H2,1H3. The molecule has 1 heterocycles. The number of piperidine rings is 1. The third-order valence-corrected chi connectivity index (χ3v) is 5.47. The van der Waals surface area contributed by atoms with Crippen LogP contribution in [-0.2, 0) is 10.2 Å². The molecule has 1 aliphatic carbocycles. The minimum atomic E-state index is -3.32. The fourth-order valence-electron chi connectivity index (χ4n) is 2.33. The van der Waals surface area contributed by atoms with Gasteiger partial charge in [-0.25, -0.2) is 0 Å². The quantitative estimate of drug-likeness (QED) is 0.747. The molecule has 1 unspecified atom stereocenters. The van der Waals surface area contributed by atoms with Crippen molar-refractivity contribution in [1.29, 1.82) is 0 Å². The fourth-order valence-corrected chi connectivity index (χ4v) is 3.84. The van der Waals surface area contributed by atoms with Gasteiger partial charge in [-0.05, 0) is 37.5 Å². The SMILES string of the molecule is CC1CCN(S(=O)(=O)NC(CN)C2CC2)CC1. The molecule has 0 amide bonds. The van der Waals surface area contributed by atoms with Gasteiger partial charge in [0.25, 0.3) is 10.2 Å². The summed E-state index contributed by atoms with van der Waals surface area (Å²) in [4.78, 5) is 0. The molecule has 1 saturated carbocycles. The van der Waals surface area contributed by atoms with Crippen LogP contribution in [0.2, 0.25) is 0 Å². The van der Waals surface area contributed by atoms with E-state index in [1.807, 2.05) is 0 Å². The van der Waals surface area contributed by atoms with Crippen molar-refractivity contribution in [3.63, 3.8) is 0 Å². The van der Waals surface area contributed by atoms with E-state index in [1.165, 1.54) is 0 Å². The highest BCUT2D eigenvalue weighted by molar-refractivity contribution is 7.87. The zero-order valence-electron chi connectivity index (χ0n) is 10.4. The van der Waals surface area contributed by atoms with E-state index in [2.05, 4.69) is 11.6 Å². The Hall–Kier alpha value is -0.170. The van der Waals surface area contributed by atoms with E-state index in [0.717, 1.165) is 25.7 Å². The lowest BCUT2D eigenvalue weighted by molar-refractivity contribution is 0.282. The molecule has 3 N–H and O–H groups in total. The van der Waals surface area contributed by atoms with Crippen LogP contribution < -0.4 is 10.5 Å². The van der Waals surface area contributed by atoms with Gasteiger partial charge in [0, 0.05) is 25.7 Å². The lowest BCUT2D eigenvalue weighted by atomic mass is 10.0. The Balaban J connectivity index is 1.93. The van der Waals surface area contributed by atoms with Crippen molar-refractivity contribution >= 4 is 10.2 Å². The number of nitrogens with one attached hydrogen (secondary N) is 1. The van der Waals surface area contributed by atoms with Crippen LogP contribution >= 0.6 is 0 Å². The Kier molecular flexibility index (Phi) is 4.07. The van der Waals surface area contributed by atoms with Crippen LogP contribution in [0.3, 0.4) is 0 Å². The van der Waals surface area contributed by atoms with Gasteiger partial charge in [-0.2, -0.15) is 17.4 Å². The molecule has 17 heavy (non-hydrogen) atoms. The van der Waals surface area contributed by atoms with Crippen molar-refractivity contribution in [2.24, 2.45) is 17.6 Å². The highest BCUT2D eigenvalue weighted by Gasteiger charge is 2.35. The molecule has 1 atom stereocenters. The van der Waals surface area contributed by atoms with E-state index >= 15 is 0 Å². The van der Waals surface area contributed by atoms with Gasteiger partial charge in [0.1, 0.15) is 0 Å². The summed E-state index contributed by atoms with van der Waals surface area (Å²) >= 11 is 0. The van der Waals surface area contributed by atoms with E-state index in [0.29, 0.717) is 31.5 Å². The summed E-state index contributed by atoms with van der Waals surface area (Å²) in [5.41, 5.74) is 5.63. The van der Waals surface area contributed by atoms with Crippen molar-refractivity contribution in [2.45, 2.75) is 38.6 Å². The molecule has 0 radical (unpaired) electrons. The van der Waals surface area contributed by atoms with Gasteiger partial charge in [0.15, 0.2) is 0 Å². The van der Waals surface area contributed by atoms with Gasteiger partial charge in [-0.15, -0.1) is 0 Å². The Labute approximate surface area is 104 Å². The zero-order valence-corrected chi connectivity index (χ0v) is 11.2. The zero-order chi connectivity index (χ0) is 12.5. The molecule has 0 bridgehead atoms. The van der Waals surface area contributed by atoms with Crippen molar-refractivity contribution in [3.8, 4) is 0 Å². The van der Waals surface area contributed by atoms with Gasteiger partial charge in [0.2, 0.25) is 0 Å². The van der Waals surface area contributed by atoms with Crippen LogP contribution in [-0.4, -0.2) is 38.4 Å². The Morgan fingerprint density at radius 1 is 1.29 bits per heavy atom. The normalized spacial score (nSPS) is 26.0. The first-order chi connectivity index (χ1) is 8.03. The summed E-state index contributed by atoms with van der Waals surface area (Å²) in [6, 6.07) is -0.0700. The smallest absolute Gasteiger partial charge is 0.279 e. The van der Waals surface area contributed by atoms with Crippen molar-refractivity contribution in [3.05, 3.63) is 0 Å². The predicted octanol–water partition coefficient (Wildman–Crippen LogP) is 0.290. The number of hydrogen-bond acceptors (Lipinski definition) is 3. The minimum absolute atomic E-state index is 0.0700. The second kappa shape index (κ2) is 5.22. The molecule has 5 nitrogen and oxygen atoms in total. The summed E-state index contributed by atoms with van der Waals surface area (Å²) in [6.45, 7) is 3.84. The average molecular weight is 261 g/mol. The number of nitrogens with zero attached hydrogens (tertiary/aromatic N) is 1. The molecule has 2 rings (SSSR count).